The third-order valence-electron chi connectivity index (χ3n) is 4.56. The van der Waals surface area contributed by atoms with Crippen molar-refractivity contribution >= 4 is 40.7 Å². The summed E-state index contributed by atoms with van der Waals surface area (Å²) in [5, 5.41) is 7.02. The van der Waals surface area contributed by atoms with Gasteiger partial charge in [-0.1, -0.05) is 35.3 Å². The molecule has 4 nitrogen and oxygen atoms in total. The third-order valence-corrected chi connectivity index (χ3v) is 5.04. The van der Waals surface area contributed by atoms with Crippen molar-refractivity contribution in [3.63, 3.8) is 0 Å². The Bertz CT molecular complexity index is 802. The van der Waals surface area contributed by atoms with Crippen LogP contribution in [0.4, 0.5) is 5.69 Å². The fourth-order valence-corrected chi connectivity index (χ4v) is 3.25. The zero-order chi connectivity index (χ0) is 18.6. The molecule has 3 rings (SSSR count). The summed E-state index contributed by atoms with van der Waals surface area (Å²) in [7, 11) is 0. The lowest BCUT2D eigenvalue weighted by atomic mass is 9.95. The van der Waals surface area contributed by atoms with Crippen molar-refractivity contribution in [2.24, 2.45) is 0 Å². The lowest BCUT2D eigenvalue weighted by Gasteiger charge is -2.16. The highest BCUT2D eigenvalue weighted by molar-refractivity contribution is 6.31. The normalized spacial score (nSPS) is 14.5. The van der Waals surface area contributed by atoms with E-state index in [9.17, 15) is 9.59 Å². The number of carbonyl (C=O) groups is 2. The number of nitrogens with one attached hydrogen (secondary N) is 2. The van der Waals surface area contributed by atoms with Gasteiger partial charge in [-0.15, -0.1) is 0 Å². The van der Waals surface area contributed by atoms with Crippen LogP contribution in [0.15, 0.2) is 48.5 Å². The number of hydrogen-bond acceptors (Lipinski definition) is 2. The Morgan fingerprint density at radius 1 is 1.00 bits per heavy atom. The Balaban J connectivity index is 1.43. The Hall–Kier alpha value is -2.04. The minimum Gasteiger partial charge on any atom is -0.355 e. The molecular weight excluding hydrogens is 371 g/mol. The molecule has 6 heteroatoms. The molecule has 1 saturated carbocycles. The Kier molecular flexibility index (Phi) is 5.84. The van der Waals surface area contributed by atoms with Crippen LogP contribution in [0.1, 0.15) is 31.2 Å². The van der Waals surface area contributed by atoms with Gasteiger partial charge < -0.3 is 10.6 Å². The molecule has 0 unspecified atom stereocenters. The topological polar surface area (TPSA) is 58.2 Å². The number of halogens is 2. The van der Waals surface area contributed by atoms with Crippen LogP contribution in [0.3, 0.4) is 0 Å². The van der Waals surface area contributed by atoms with Gasteiger partial charge in [0.25, 0.3) is 0 Å². The van der Waals surface area contributed by atoms with Crippen LogP contribution in [-0.2, 0) is 15.0 Å². The van der Waals surface area contributed by atoms with Gasteiger partial charge in [-0.3, -0.25) is 9.59 Å². The Morgan fingerprint density at radius 3 is 2.38 bits per heavy atom. The molecule has 0 bridgehead atoms. The number of hydrogen-bond donors (Lipinski definition) is 2. The van der Waals surface area contributed by atoms with Crippen LogP contribution in [-0.4, -0.2) is 18.4 Å². The van der Waals surface area contributed by atoms with Crippen molar-refractivity contribution in [1.82, 2.24) is 5.32 Å². The molecule has 0 aromatic heterocycles. The molecule has 0 atom stereocenters. The smallest absolute Gasteiger partial charge is 0.230 e. The molecule has 1 aliphatic carbocycles. The number of anilines is 1. The van der Waals surface area contributed by atoms with Gasteiger partial charge in [-0.25, -0.2) is 0 Å². The Morgan fingerprint density at radius 2 is 1.73 bits per heavy atom. The molecule has 2 aromatic rings. The van der Waals surface area contributed by atoms with E-state index in [4.69, 9.17) is 23.2 Å². The molecule has 0 saturated heterocycles. The lowest BCUT2D eigenvalue weighted by Crippen LogP contribution is -2.35. The summed E-state index contributed by atoms with van der Waals surface area (Å²) in [5.41, 5.74) is 1.22. The number of rotatable bonds is 7. The minimum atomic E-state index is -0.448. The molecular formula is C20H20Cl2N2O2. The molecule has 136 valence electrons. The monoisotopic (exact) mass is 390 g/mol. The second kappa shape index (κ2) is 8.11. The predicted octanol–water partition coefficient (Wildman–Crippen LogP) is 4.56. The van der Waals surface area contributed by atoms with Gasteiger partial charge in [0.05, 0.1) is 5.41 Å². The lowest BCUT2D eigenvalue weighted by molar-refractivity contribution is -0.124. The van der Waals surface area contributed by atoms with Crippen LogP contribution < -0.4 is 10.6 Å². The van der Waals surface area contributed by atoms with E-state index < -0.39 is 5.41 Å². The van der Waals surface area contributed by atoms with E-state index in [2.05, 4.69) is 10.6 Å². The van der Waals surface area contributed by atoms with E-state index in [0.717, 1.165) is 18.4 Å². The van der Waals surface area contributed by atoms with Gasteiger partial charge in [-0.2, -0.15) is 0 Å². The van der Waals surface area contributed by atoms with Gasteiger partial charge in [0.2, 0.25) is 11.8 Å². The molecule has 0 radical (unpaired) electrons. The van der Waals surface area contributed by atoms with Gasteiger partial charge in [-0.05, 0) is 61.2 Å². The number of benzene rings is 2. The van der Waals surface area contributed by atoms with E-state index in [-0.39, 0.29) is 11.8 Å². The quantitative estimate of drug-likeness (QED) is 0.680. The maximum atomic E-state index is 12.5. The van der Waals surface area contributed by atoms with Crippen LogP contribution >= 0.6 is 23.2 Å². The second-order valence-electron chi connectivity index (χ2n) is 6.51. The predicted molar refractivity (Wildman–Crippen MR) is 105 cm³/mol. The first-order valence-corrected chi connectivity index (χ1v) is 9.35. The highest BCUT2D eigenvalue weighted by Gasteiger charge is 2.51. The highest BCUT2D eigenvalue weighted by atomic mass is 35.5. The summed E-state index contributed by atoms with van der Waals surface area (Å²) in [6.45, 7) is 0.467. The van der Waals surface area contributed by atoms with Crippen molar-refractivity contribution in [3.05, 3.63) is 64.1 Å². The largest absolute Gasteiger partial charge is 0.355 e. The highest BCUT2D eigenvalue weighted by Crippen LogP contribution is 2.48. The summed E-state index contributed by atoms with van der Waals surface area (Å²) in [5.74, 6) is -0.0737. The maximum Gasteiger partial charge on any atom is 0.230 e. The minimum absolute atomic E-state index is 0.0119. The summed E-state index contributed by atoms with van der Waals surface area (Å²) in [4.78, 5) is 24.5. The fraction of sp³-hybridized carbons (Fsp3) is 0.300. The first-order chi connectivity index (χ1) is 12.5. The van der Waals surface area contributed by atoms with Crippen molar-refractivity contribution < 1.29 is 9.59 Å². The first kappa shape index (κ1) is 18.7. The molecule has 0 aliphatic heterocycles. The molecule has 0 heterocycles. The van der Waals surface area contributed by atoms with Gasteiger partial charge >= 0.3 is 0 Å². The second-order valence-corrected chi connectivity index (χ2v) is 7.38. The first-order valence-electron chi connectivity index (χ1n) is 8.59. The molecule has 2 aromatic carbocycles. The van der Waals surface area contributed by atoms with Gasteiger partial charge in [0, 0.05) is 28.7 Å². The average molecular weight is 391 g/mol. The number of amides is 2. The Labute approximate surface area is 162 Å². The average Bonchev–Trinajstić information content (AvgIpc) is 3.43. The van der Waals surface area contributed by atoms with Crippen LogP contribution in [0.5, 0.6) is 0 Å². The summed E-state index contributed by atoms with van der Waals surface area (Å²) < 4.78 is 0. The zero-order valence-corrected chi connectivity index (χ0v) is 15.7. The van der Waals surface area contributed by atoms with E-state index in [1.807, 2.05) is 18.2 Å². The standard InChI is InChI=1S/C20H20Cl2N2O2/c21-15-6-8-17(9-7-15)24-18(25)5-2-12-23-19(26)20(10-11-20)14-3-1-4-16(22)13-14/h1,3-4,6-9,13H,2,5,10-12H2,(H,23,26)(H,24,25). The molecule has 2 N–H and O–H groups in total. The SMILES string of the molecule is O=C(CCCNC(=O)C1(c2cccc(Cl)c2)CC1)Nc1ccc(Cl)cc1. The van der Waals surface area contributed by atoms with Crippen molar-refractivity contribution in [1.29, 1.82) is 0 Å². The van der Waals surface area contributed by atoms with Crippen molar-refractivity contribution in [2.45, 2.75) is 31.1 Å². The van der Waals surface area contributed by atoms with E-state index in [1.165, 1.54) is 0 Å². The molecule has 1 fully saturated rings. The fourth-order valence-electron chi connectivity index (χ4n) is 2.93. The molecule has 2 amide bonds. The van der Waals surface area contributed by atoms with Gasteiger partial charge in [0.1, 0.15) is 0 Å². The van der Waals surface area contributed by atoms with Crippen LogP contribution in [0, 0.1) is 0 Å². The summed E-state index contributed by atoms with van der Waals surface area (Å²) >= 11 is 11.9. The maximum absolute atomic E-state index is 12.5. The van der Waals surface area contributed by atoms with E-state index in [1.54, 1.807) is 30.3 Å². The molecule has 1 aliphatic rings. The van der Waals surface area contributed by atoms with E-state index >= 15 is 0 Å². The summed E-state index contributed by atoms with van der Waals surface area (Å²) in [6, 6.07) is 14.4. The number of carbonyl (C=O) groups excluding carboxylic acids is 2. The zero-order valence-electron chi connectivity index (χ0n) is 14.2. The third kappa shape index (κ3) is 4.57. The molecule has 26 heavy (non-hydrogen) atoms. The van der Waals surface area contributed by atoms with E-state index in [0.29, 0.717) is 35.1 Å². The summed E-state index contributed by atoms with van der Waals surface area (Å²) in [6.07, 6.45) is 2.58. The van der Waals surface area contributed by atoms with Crippen LogP contribution in [0.2, 0.25) is 10.0 Å². The van der Waals surface area contributed by atoms with Crippen LogP contribution in [0.25, 0.3) is 0 Å². The van der Waals surface area contributed by atoms with Crippen molar-refractivity contribution in [3.8, 4) is 0 Å². The van der Waals surface area contributed by atoms with Crippen molar-refractivity contribution in [2.75, 3.05) is 11.9 Å². The molecule has 0 spiro atoms. The van der Waals surface area contributed by atoms with Gasteiger partial charge in [0.15, 0.2) is 0 Å².